The second-order valence-electron chi connectivity index (χ2n) is 4.30. The van der Waals surface area contributed by atoms with Gasteiger partial charge in [-0.25, -0.2) is 0 Å². The molecule has 20 heavy (non-hydrogen) atoms. The maximum Gasteiger partial charge on any atom is 0.125 e. The van der Waals surface area contributed by atoms with Crippen molar-refractivity contribution >= 4 is 27.5 Å². The number of ether oxygens (including phenoxy) is 1. The van der Waals surface area contributed by atoms with Gasteiger partial charge in [0.2, 0.25) is 0 Å². The van der Waals surface area contributed by atoms with E-state index in [1.165, 1.54) is 0 Å². The van der Waals surface area contributed by atoms with Crippen LogP contribution in [0.25, 0.3) is 0 Å². The number of hydrogen-bond donors (Lipinski definition) is 1. The second-order valence-corrected chi connectivity index (χ2v) is 5.59. The first-order chi connectivity index (χ1) is 9.62. The van der Waals surface area contributed by atoms with Crippen LogP contribution in [0.4, 0.5) is 0 Å². The number of aryl methyl sites for hydroxylation is 1. The standard InChI is InChI=1S/C14H17BrClN3O/c1-4-19-14(11(15)8-18-19)13(17-2)10-6-5-9(16)7-12(10)20-3/h5-8,13,17H,4H2,1-3H3. The highest BCUT2D eigenvalue weighted by Crippen LogP contribution is 2.34. The van der Waals surface area contributed by atoms with E-state index in [1.54, 1.807) is 7.11 Å². The molecule has 1 heterocycles. The normalized spacial score (nSPS) is 12.4. The maximum absolute atomic E-state index is 6.03. The van der Waals surface area contributed by atoms with E-state index in [0.29, 0.717) is 5.02 Å². The molecule has 0 aliphatic rings. The summed E-state index contributed by atoms with van der Waals surface area (Å²) in [5, 5.41) is 8.34. The molecule has 0 amide bonds. The van der Waals surface area contributed by atoms with E-state index in [2.05, 4.69) is 33.3 Å². The Morgan fingerprint density at radius 2 is 2.25 bits per heavy atom. The zero-order valence-corrected chi connectivity index (χ0v) is 14.0. The highest BCUT2D eigenvalue weighted by molar-refractivity contribution is 9.10. The number of aromatic nitrogens is 2. The molecule has 0 aliphatic heterocycles. The molecule has 108 valence electrons. The van der Waals surface area contributed by atoms with Crippen molar-refractivity contribution < 1.29 is 4.74 Å². The monoisotopic (exact) mass is 357 g/mol. The first kappa shape index (κ1) is 15.4. The van der Waals surface area contributed by atoms with Crippen molar-refractivity contribution in [3.63, 3.8) is 0 Å². The van der Waals surface area contributed by atoms with E-state index >= 15 is 0 Å². The summed E-state index contributed by atoms with van der Waals surface area (Å²) >= 11 is 9.60. The molecular weight excluding hydrogens is 342 g/mol. The Kier molecular flexibility index (Phi) is 5.07. The van der Waals surface area contributed by atoms with Gasteiger partial charge in [0.25, 0.3) is 0 Å². The molecule has 6 heteroatoms. The van der Waals surface area contributed by atoms with Gasteiger partial charge in [-0.15, -0.1) is 0 Å². The van der Waals surface area contributed by atoms with Gasteiger partial charge in [0.1, 0.15) is 5.75 Å². The fraction of sp³-hybridized carbons (Fsp3) is 0.357. The summed E-state index contributed by atoms with van der Waals surface area (Å²) in [6, 6.07) is 5.63. The third-order valence-corrected chi connectivity index (χ3v) is 4.05. The van der Waals surface area contributed by atoms with Gasteiger partial charge >= 0.3 is 0 Å². The zero-order valence-electron chi connectivity index (χ0n) is 11.7. The lowest BCUT2D eigenvalue weighted by atomic mass is 10.0. The second kappa shape index (κ2) is 6.61. The van der Waals surface area contributed by atoms with Crippen molar-refractivity contribution in [2.75, 3.05) is 14.2 Å². The van der Waals surface area contributed by atoms with E-state index in [-0.39, 0.29) is 6.04 Å². The van der Waals surface area contributed by atoms with Crippen LogP contribution in [0.1, 0.15) is 24.2 Å². The van der Waals surface area contributed by atoms with Gasteiger partial charge in [-0.3, -0.25) is 4.68 Å². The molecular formula is C14H17BrClN3O. The summed E-state index contributed by atoms with van der Waals surface area (Å²) in [6.45, 7) is 2.86. The zero-order chi connectivity index (χ0) is 14.7. The topological polar surface area (TPSA) is 39.1 Å². The quantitative estimate of drug-likeness (QED) is 0.887. The minimum atomic E-state index is -0.0287. The van der Waals surface area contributed by atoms with Gasteiger partial charge in [0, 0.05) is 17.1 Å². The Hall–Kier alpha value is -1.04. The highest BCUT2D eigenvalue weighted by atomic mass is 79.9. The molecule has 4 nitrogen and oxygen atoms in total. The molecule has 1 aromatic carbocycles. The highest BCUT2D eigenvalue weighted by Gasteiger charge is 2.23. The van der Waals surface area contributed by atoms with Crippen LogP contribution in [0.2, 0.25) is 5.02 Å². The third-order valence-electron chi connectivity index (χ3n) is 3.20. The number of nitrogens with zero attached hydrogens (tertiary/aromatic N) is 2. The molecule has 2 rings (SSSR count). The molecule has 1 atom stereocenters. The molecule has 2 aromatic rings. The van der Waals surface area contributed by atoms with Gasteiger partial charge in [-0.05, 0) is 42.0 Å². The summed E-state index contributed by atoms with van der Waals surface area (Å²) < 4.78 is 8.38. The number of methoxy groups -OCH3 is 1. The number of nitrogens with one attached hydrogen (secondary N) is 1. The van der Waals surface area contributed by atoms with Gasteiger partial charge in [0.05, 0.1) is 29.5 Å². The number of rotatable bonds is 5. The Morgan fingerprint density at radius 1 is 1.50 bits per heavy atom. The smallest absolute Gasteiger partial charge is 0.125 e. The predicted octanol–water partition coefficient (Wildman–Crippen LogP) is 3.64. The Morgan fingerprint density at radius 3 is 2.85 bits per heavy atom. The average Bonchev–Trinajstić information content (AvgIpc) is 2.82. The Balaban J connectivity index is 2.55. The minimum Gasteiger partial charge on any atom is -0.496 e. The van der Waals surface area contributed by atoms with Crippen LogP contribution in [0.15, 0.2) is 28.9 Å². The van der Waals surface area contributed by atoms with Crippen molar-refractivity contribution in [2.45, 2.75) is 19.5 Å². The number of hydrogen-bond acceptors (Lipinski definition) is 3. The fourth-order valence-corrected chi connectivity index (χ4v) is 2.96. The lowest BCUT2D eigenvalue weighted by molar-refractivity contribution is 0.403. The molecule has 0 aliphatic carbocycles. The van der Waals surface area contributed by atoms with Crippen LogP contribution in [-0.2, 0) is 6.54 Å². The first-order valence-electron chi connectivity index (χ1n) is 6.34. The number of benzene rings is 1. The van der Waals surface area contributed by atoms with E-state index in [4.69, 9.17) is 16.3 Å². The largest absolute Gasteiger partial charge is 0.496 e. The molecule has 0 spiro atoms. The molecule has 0 bridgehead atoms. The van der Waals surface area contributed by atoms with Gasteiger partial charge in [-0.1, -0.05) is 17.7 Å². The van der Waals surface area contributed by atoms with Crippen molar-refractivity contribution in [2.24, 2.45) is 0 Å². The third kappa shape index (κ3) is 2.85. The van der Waals surface area contributed by atoms with Crippen LogP contribution in [0, 0.1) is 0 Å². The van der Waals surface area contributed by atoms with Crippen LogP contribution < -0.4 is 10.1 Å². The molecule has 0 saturated heterocycles. The summed E-state index contributed by atoms with van der Waals surface area (Å²) in [5.41, 5.74) is 2.09. The number of halogens is 2. The van der Waals surface area contributed by atoms with E-state index in [1.807, 2.05) is 36.1 Å². The van der Waals surface area contributed by atoms with E-state index < -0.39 is 0 Å². The lowest BCUT2D eigenvalue weighted by Crippen LogP contribution is -2.22. The fourth-order valence-electron chi connectivity index (χ4n) is 2.27. The van der Waals surface area contributed by atoms with E-state index in [0.717, 1.165) is 28.0 Å². The van der Waals surface area contributed by atoms with Crippen molar-refractivity contribution in [3.8, 4) is 5.75 Å². The molecule has 0 fully saturated rings. The predicted molar refractivity (Wildman–Crippen MR) is 84.5 cm³/mol. The van der Waals surface area contributed by atoms with Gasteiger partial charge < -0.3 is 10.1 Å². The molecule has 0 radical (unpaired) electrons. The summed E-state index contributed by atoms with van der Waals surface area (Å²) in [7, 11) is 3.56. The lowest BCUT2D eigenvalue weighted by Gasteiger charge is -2.21. The van der Waals surface area contributed by atoms with Crippen LogP contribution in [-0.4, -0.2) is 23.9 Å². The molecule has 1 unspecified atom stereocenters. The maximum atomic E-state index is 6.03. The minimum absolute atomic E-state index is 0.0287. The summed E-state index contributed by atoms with van der Waals surface area (Å²) in [6.07, 6.45) is 1.81. The molecule has 0 saturated carbocycles. The first-order valence-corrected chi connectivity index (χ1v) is 7.51. The van der Waals surface area contributed by atoms with Crippen molar-refractivity contribution in [1.29, 1.82) is 0 Å². The van der Waals surface area contributed by atoms with Crippen LogP contribution in [0.3, 0.4) is 0 Å². The van der Waals surface area contributed by atoms with Crippen molar-refractivity contribution in [1.82, 2.24) is 15.1 Å². The Labute approximate surface area is 132 Å². The summed E-state index contributed by atoms with van der Waals surface area (Å²) in [4.78, 5) is 0. The average molecular weight is 359 g/mol. The Bertz CT molecular complexity index is 600. The van der Waals surface area contributed by atoms with Gasteiger partial charge in [-0.2, -0.15) is 5.10 Å². The molecule has 1 N–H and O–H groups in total. The SMILES string of the molecule is CCn1ncc(Br)c1C(NC)c1ccc(Cl)cc1OC. The van der Waals surface area contributed by atoms with E-state index in [9.17, 15) is 0 Å². The van der Waals surface area contributed by atoms with Crippen LogP contribution >= 0.6 is 27.5 Å². The van der Waals surface area contributed by atoms with Crippen molar-refractivity contribution in [3.05, 3.63) is 45.1 Å². The summed E-state index contributed by atoms with van der Waals surface area (Å²) in [5.74, 6) is 0.757. The van der Waals surface area contributed by atoms with Crippen LogP contribution in [0.5, 0.6) is 5.75 Å². The molecule has 1 aromatic heterocycles. The van der Waals surface area contributed by atoms with Gasteiger partial charge in [0.15, 0.2) is 0 Å².